The number of carbonyl (C=O) groups excluding carboxylic acids is 1. The summed E-state index contributed by atoms with van der Waals surface area (Å²) in [6.07, 6.45) is 1.45. The molecule has 98 valence electrons. The molecule has 5 nitrogen and oxygen atoms in total. The van der Waals surface area contributed by atoms with Crippen LogP contribution in [0.25, 0.3) is 0 Å². The second kappa shape index (κ2) is 5.38. The lowest BCUT2D eigenvalue weighted by Gasteiger charge is -2.07. The summed E-state index contributed by atoms with van der Waals surface area (Å²) in [7, 11) is 0. The Bertz CT molecular complexity index is 654. The highest BCUT2D eigenvalue weighted by atomic mass is 35.5. The van der Waals surface area contributed by atoms with Crippen LogP contribution in [0, 0.1) is 6.92 Å². The Morgan fingerprint density at radius 3 is 2.74 bits per heavy atom. The van der Waals surface area contributed by atoms with Gasteiger partial charge in [-0.05, 0) is 25.1 Å². The number of aromatic carboxylic acids is 1. The monoisotopic (exact) mass is 296 g/mol. The maximum atomic E-state index is 11.9. The van der Waals surface area contributed by atoms with Gasteiger partial charge in [0.2, 0.25) is 0 Å². The predicted octanol–water partition coefficient (Wildman–Crippen LogP) is 3.06. The maximum absolute atomic E-state index is 11.9. The fourth-order valence-corrected chi connectivity index (χ4v) is 2.30. The van der Waals surface area contributed by atoms with Crippen LogP contribution in [-0.2, 0) is 0 Å². The van der Waals surface area contributed by atoms with Crippen molar-refractivity contribution in [2.45, 2.75) is 6.92 Å². The minimum absolute atomic E-state index is 0.0536. The Labute approximate surface area is 117 Å². The van der Waals surface area contributed by atoms with Crippen molar-refractivity contribution >= 4 is 40.5 Å². The van der Waals surface area contributed by atoms with Gasteiger partial charge in [0.25, 0.3) is 5.91 Å². The van der Waals surface area contributed by atoms with Crippen molar-refractivity contribution in [3.63, 3.8) is 0 Å². The molecule has 2 aromatic rings. The Kier molecular flexibility index (Phi) is 3.82. The molecule has 0 spiro atoms. The molecule has 19 heavy (non-hydrogen) atoms. The summed E-state index contributed by atoms with van der Waals surface area (Å²) in [6.45, 7) is 1.78. The van der Waals surface area contributed by atoms with Crippen molar-refractivity contribution in [3.8, 4) is 0 Å². The molecular weight excluding hydrogens is 288 g/mol. The number of anilines is 1. The van der Waals surface area contributed by atoms with E-state index < -0.39 is 11.9 Å². The summed E-state index contributed by atoms with van der Waals surface area (Å²) < 4.78 is 0. The van der Waals surface area contributed by atoms with Crippen LogP contribution >= 0.6 is 22.9 Å². The van der Waals surface area contributed by atoms with Gasteiger partial charge in [0.15, 0.2) is 0 Å². The topological polar surface area (TPSA) is 79.3 Å². The van der Waals surface area contributed by atoms with Gasteiger partial charge in [0.1, 0.15) is 4.88 Å². The first-order valence-corrected chi connectivity index (χ1v) is 6.43. The summed E-state index contributed by atoms with van der Waals surface area (Å²) in [5.74, 6) is -1.55. The zero-order valence-electron chi connectivity index (χ0n) is 9.81. The van der Waals surface area contributed by atoms with E-state index >= 15 is 0 Å². The molecule has 0 aliphatic rings. The third-order valence-electron chi connectivity index (χ3n) is 2.31. The fourth-order valence-electron chi connectivity index (χ4n) is 1.45. The van der Waals surface area contributed by atoms with Crippen molar-refractivity contribution in [2.75, 3.05) is 5.32 Å². The molecule has 0 unspecified atom stereocenters. The van der Waals surface area contributed by atoms with E-state index in [1.165, 1.54) is 35.7 Å². The first-order chi connectivity index (χ1) is 8.97. The SMILES string of the molecule is Cc1ncc(C(=O)Nc2ccc(Cl)cc2C(=O)O)s1. The normalized spacial score (nSPS) is 10.2. The van der Waals surface area contributed by atoms with E-state index in [-0.39, 0.29) is 11.3 Å². The zero-order valence-corrected chi connectivity index (χ0v) is 11.4. The number of nitrogens with zero attached hydrogens (tertiary/aromatic N) is 1. The summed E-state index contributed by atoms with van der Waals surface area (Å²) in [5.41, 5.74) is 0.148. The van der Waals surface area contributed by atoms with Gasteiger partial charge in [0, 0.05) is 5.02 Å². The van der Waals surface area contributed by atoms with Gasteiger partial charge in [-0.2, -0.15) is 0 Å². The highest BCUT2D eigenvalue weighted by Gasteiger charge is 2.15. The van der Waals surface area contributed by atoms with E-state index in [1.54, 1.807) is 6.92 Å². The number of hydrogen-bond acceptors (Lipinski definition) is 4. The van der Waals surface area contributed by atoms with Gasteiger partial charge >= 0.3 is 5.97 Å². The van der Waals surface area contributed by atoms with Gasteiger partial charge in [0.05, 0.1) is 22.5 Å². The van der Waals surface area contributed by atoms with Crippen molar-refractivity contribution in [1.82, 2.24) is 4.98 Å². The lowest BCUT2D eigenvalue weighted by molar-refractivity contribution is 0.0698. The lowest BCUT2D eigenvalue weighted by atomic mass is 10.2. The molecule has 2 N–H and O–H groups in total. The first kappa shape index (κ1) is 13.5. The standard InChI is InChI=1S/C12H9ClN2O3S/c1-6-14-5-10(19-6)11(16)15-9-3-2-7(13)4-8(9)12(17)18/h2-5H,1H3,(H,15,16)(H,17,18). The number of thiazole rings is 1. The van der Waals surface area contributed by atoms with Crippen LogP contribution in [0.4, 0.5) is 5.69 Å². The van der Waals surface area contributed by atoms with E-state index in [4.69, 9.17) is 16.7 Å². The van der Waals surface area contributed by atoms with Crippen molar-refractivity contribution in [3.05, 3.63) is 44.9 Å². The Hall–Kier alpha value is -1.92. The molecule has 2 rings (SSSR count). The van der Waals surface area contributed by atoms with Crippen molar-refractivity contribution in [2.24, 2.45) is 0 Å². The minimum atomic E-state index is -1.15. The molecule has 0 bridgehead atoms. The number of hydrogen-bond donors (Lipinski definition) is 2. The minimum Gasteiger partial charge on any atom is -0.478 e. The molecule has 0 aliphatic carbocycles. The van der Waals surface area contributed by atoms with E-state index in [0.717, 1.165) is 5.01 Å². The van der Waals surface area contributed by atoms with Gasteiger partial charge in [-0.15, -0.1) is 11.3 Å². The summed E-state index contributed by atoms with van der Waals surface area (Å²) in [5, 5.41) is 12.7. The molecule has 0 aliphatic heterocycles. The van der Waals surface area contributed by atoms with Crippen LogP contribution in [-0.4, -0.2) is 22.0 Å². The Balaban J connectivity index is 2.28. The van der Waals surface area contributed by atoms with E-state index in [9.17, 15) is 9.59 Å². The number of halogens is 1. The van der Waals surface area contributed by atoms with E-state index in [1.807, 2.05) is 0 Å². The van der Waals surface area contributed by atoms with Crippen LogP contribution in [0.2, 0.25) is 5.02 Å². The molecular formula is C12H9ClN2O3S. The molecule has 1 aromatic heterocycles. The van der Waals surface area contributed by atoms with Gasteiger partial charge in [-0.25, -0.2) is 9.78 Å². The highest BCUT2D eigenvalue weighted by molar-refractivity contribution is 7.13. The van der Waals surface area contributed by atoms with Gasteiger partial charge < -0.3 is 10.4 Å². The summed E-state index contributed by atoms with van der Waals surface area (Å²) in [6, 6.07) is 4.26. The Morgan fingerprint density at radius 2 is 2.16 bits per heavy atom. The second-order valence-electron chi connectivity index (χ2n) is 3.69. The number of rotatable bonds is 3. The number of carboxylic acids is 1. The fraction of sp³-hybridized carbons (Fsp3) is 0.0833. The average molecular weight is 297 g/mol. The Morgan fingerprint density at radius 1 is 1.42 bits per heavy atom. The molecule has 1 amide bonds. The van der Waals surface area contributed by atoms with E-state index in [0.29, 0.717) is 9.90 Å². The molecule has 1 heterocycles. The number of carboxylic acid groups (broad SMARTS) is 1. The largest absolute Gasteiger partial charge is 0.478 e. The molecule has 0 saturated heterocycles. The highest BCUT2D eigenvalue weighted by Crippen LogP contribution is 2.22. The van der Waals surface area contributed by atoms with Crippen LogP contribution in [0.1, 0.15) is 25.0 Å². The summed E-state index contributed by atoms with van der Waals surface area (Å²) in [4.78, 5) is 27.4. The van der Waals surface area contributed by atoms with Crippen LogP contribution in [0.3, 0.4) is 0 Å². The lowest BCUT2D eigenvalue weighted by Crippen LogP contribution is -2.13. The third kappa shape index (κ3) is 3.10. The van der Waals surface area contributed by atoms with Gasteiger partial charge in [-0.3, -0.25) is 4.79 Å². The van der Waals surface area contributed by atoms with Crippen molar-refractivity contribution < 1.29 is 14.7 Å². The number of aryl methyl sites for hydroxylation is 1. The quantitative estimate of drug-likeness (QED) is 0.912. The van der Waals surface area contributed by atoms with Crippen LogP contribution < -0.4 is 5.32 Å². The molecule has 1 aromatic carbocycles. The van der Waals surface area contributed by atoms with E-state index in [2.05, 4.69) is 10.3 Å². The zero-order chi connectivity index (χ0) is 14.0. The second-order valence-corrected chi connectivity index (χ2v) is 5.36. The number of benzene rings is 1. The smallest absolute Gasteiger partial charge is 0.337 e. The van der Waals surface area contributed by atoms with Gasteiger partial charge in [-0.1, -0.05) is 11.6 Å². The molecule has 0 atom stereocenters. The molecule has 7 heteroatoms. The molecule has 0 saturated carbocycles. The third-order valence-corrected chi connectivity index (χ3v) is 3.45. The van der Waals surface area contributed by atoms with Crippen LogP contribution in [0.15, 0.2) is 24.4 Å². The number of carbonyl (C=O) groups is 2. The number of aromatic nitrogens is 1. The average Bonchev–Trinajstić information content (AvgIpc) is 2.78. The molecule has 0 radical (unpaired) electrons. The number of amides is 1. The van der Waals surface area contributed by atoms with Crippen molar-refractivity contribution in [1.29, 1.82) is 0 Å². The first-order valence-electron chi connectivity index (χ1n) is 5.24. The molecule has 0 fully saturated rings. The summed E-state index contributed by atoms with van der Waals surface area (Å²) >= 11 is 6.97. The number of nitrogens with one attached hydrogen (secondary N) is 1. The maximum Gasteiger partial charge on any atom is 0.337 e. The predicted molar refractivity (Wildman–Crippen MR) is 73.2 cm³/mol. The van der Waals surface area contributed by atoms with Crippen LogP contribution in [0.5, 0.6) is 0 Å².